The Morgan fingerprint density at radius 3 is 2.41 bits per heavy atom. The van der Waals surface area contributed by atoms with Gasteiger partial charge in [0.25, 0.3) is 0 Å². The fourth-order valence-electron chi connectivity index (χ4n) is 1.65. The minimum Gasteiger partial charge on any atom is -0.497 e. The molecule has 1 aromatic carbocycles. The largest absolute Gasteiger partial charge is 0.497 e. The average molecular weight is 236 g/mol. The van der Waals surface area contributed by atoms with Gasteiger partial charge in [0.1, 0.15) is 5.75 Å². The van der Waals surface area contributed by atoms with E-state index in [1.807, 2.05) is 12.1 Å². The minimum atomic E-state index is 0.290. The summed E-state index contributed by atoms with van der Waals surface area (Å²) in [5.74, 6) is 0.916. The summed E-state index contributed by atoms with van der Waals surface area (Å²) in [6.45, 7) is 4.18. The lowest BCUT2D eigenvalue weighted by atomic mass is 10.1. The molecule has 17 heavy (non-hydrogen) atoms. The molecule has 0 aliphatic rings. The van der Waals surface area contributed by atoms with Crippen molar-refractivity contribution in [2.45, 2.75) is 25.8 Å². The van der Waals surface area contributed by atoms with E-state index in [9.17, 15) is 0 Å². The number of hydrogen-bond donors (Lipinski definition) is 1. The summed E-state index contributed by atoms with van der Waals surface area (Å²) in [6, 6.07) is 8.56. The van der Waals surface area contributed by atoms with Gasteiger partial charge in [-0.2, -0.15) is 0 Å². The molecule has 3 nitrogen and oxygen atoms in total. The molecule has 1 atom stereocenters. The number of hydrogen-bond acceptors (Lipinski definition) is 3. The Hall–Kier alpha value is -1.06. The van der Waals surface area contributed by atoms with Crippen molar-refractivity contribution in [2.24, 2.45) is 5.73 Å². The minimum absolute atomic E-state index is 0.290. The lowest BCUT2D eigenvalue weighted by Gasteiger charge is -2.17. The molecule has 0 saturated heterocycles. The quantitative estimate of drug-likeness (QED) is 0.786. The van der Waals surface area contributed by atoms with Crippen molar-refractivity contribution in [3.05, 3.63) is 29.8 Å². The number of ether oxygens (including phenoxy) is 1. The van der Waals surface area contributed by atoms with Gasteiger partial charge in [-0.3, -0.25) is 0 Å². The monoisotopic (exact) mass is 236 g/mol. The highest BCUT2D eigenvalue weighted by atomic mass is 16.5. The second-order valence-electron chi connectivity index (χ2n) is 4.67. The molecule has 1 rings (SSSR count). The maximum atomic E-state index is 5.74. The molecule has 1 unspecified atom stereocenters. The highest BCUT2D eigenvalue weighted by molar-refractivity contribution is 5.27. The van der Waals surface area contributed by atoms with Gasteiger partial charge in [0, 0.05) is 12.6 Å². The van der Waals surface area contributed by atoms with E-state index in [1.165, 1.54) is 5.56 Å². The molecule has 0 aromatic heterocycles. The van der Waals surface area contributed by atoms with Gasteiger partial charge in [-0.15, -0.1) is 0 Å². The third kappa shape index (κ3) is 5.71. The predicted molar refractivity (Wildman–Crippen MR) is 72.5 cm³/mol. The Kier molecular flexibility index (Phi) is 6.01. The molecule has 3 heteroatoms. The van der Waals surface area contributed by atoms with E-state index < -0.39 is 0 Å². The first-order valence-electron chi connectivity index (χ1n) is 6.19. The summed E-state index contributed by atoms with van der Waals surface area (Å²) in [4.78, 5) is 2.33. The number of nitrogens with zero attached hydrogens (tertiary/aromatic N) is 1. The van der Waals surface area contributed by atoms with Crippen molar-refractivity contribution >= 4 is 0 Å². The molecule has 0 saturated carbocycles. The van der Waals surface area contributed by atoms with Crippen LogP contribution in [0.15, 0.2) is 24.3 Å². The highest BCUT2D eigenvalue weighted by Crippen LogP contribution is 2.11. The molecule has 0 aliphatic heterocycles. The average Bonchev–Trinajstić information content (AvgIpc) is 2.34. The molecule has 0 bridgehead atoms. The Labute approximate surface area is 105 Å². The van der Waals surface area contributed by atoms with E-state index in [2.05, 4.69) is 31.0 Å². The summed E-state index contributed by atoms with van der Waals surface area (Å²) in [5.41, 5.74) is 7.09. The van der Waals surface area contributed by atoms with Crippen molar-refractivity contribution in [3.63, 3.8) is 0 Å². The van der Waals surface area contributed by atoms with Gasteiger partial charge in [0.05, 0.1) is 7.11 Å². The Morgan fingerprint density at radius 2 is 1.88 bits per heavy atom. The van der Waals surface area contributed by atoms with Crippen LogP contribution in [0.4, 0.5) is 0 Å². The fraction of sp³-hybridized carbons (Fsp3) is 0.571. The zero-order valence-corrected chi connectivity index (χ0v) is 11.1. The van der Waals surface area contributed by atoms with E-state index in [-0.39, 0.29) is 0 Å². The van der Waals surface area contributed by atoms with Crippen LogP contribution in [0.3, 0.4) is 0 Å². The third-order valence-corrected chi connectivity index (χ3v) is 2.91. The first-order chi connectivity index (χ1) is 8.11. The van der Waals surface area contributed by atoms with Gasteiger partial charge in [-0.25, -0.2) is 0 Å². The Morgan fingerprint density at radius 1 is 1.24 bits per heavy atom. The summed E-state index contributed by atoms with van der Waals surface area (Å²) in [6.07, 6.45) is 2.12. The standard InChI is InChI=1S/C14H24N2O/c1-12(15)8-10-16(2)11-9-13-4-6-14(17-3)7-5-13/h4-7,12H,8-11,15H2,1-3H3. The van der Waals surface area contributed by atoms with Crippen molar-refractivity contribution < 1.29 is 4.74 Å². The van der Waals surface area contributed by atoms with Crippen molar-refractivity contribution in [1.82, 2.24) is 4.90 Å². The van der Waals surface area contributed by atoms with Crippen LogP contribution in [0.25, 0.3) is 0 Å². The van der Waals surface area contributed by atoms with Crippen LogP contribution in [-0.2, 0) is 6.42 Å². The number of rotatable bonds is 7. The molecular formula is C14H24N2O. The summed E-state index contributed by atoms with van der Waals surface area (Å²) < 4.78 is 5.14. The van der Waals surface area contributed by atoms with Crippen LogP contribution >= 0.6 is 0 Å². The van der Waals surface area contributed by atoms with Crippen LogP contribution in [0.5, 0.6) is 5.75 Å². The maximum absolute atomic E-state index is 5.74. The fourth-order valence-corrected chi connectivity index (χ4v) is 1.65. The van der Waals surface area contributed by atoms with Crippen LogP contribution in [0.1, 0.15) is 18.9 Å². The second-order valence-corrected chi connectivity index (χ2v) is 4.67. The van der Waals surface area contributed by atoms with Crippen LogP contribution in [0, 0.1) is 0 Å². The molecule has 2 N–H and O–H groups in total. The lowest BCUT2D eigenvalue weighted by molar-refractivity contribution is 0.324. The smallest absolute Gasteiger partial charge is 0.118 e. The lowest BCUT2D eigenvalue weighted by Crippen LogP contribution is -2.27. The highest BCUT2D eigenvalue weighted by Gasteiger charge is 2.01. The van der Waals surface area contributed by atoms with Gasteiger partial charge in [0.15, 0.2) is 0 Å². The summed E-state index contributed by atoms with van der Waals surface area (Å²) in [7, 11) is 3.84. The summed E-state index contributed by atoms with van der Waals surface area (Å²) in [5, 5.41) is 0. The third-order valence-electron chi connectivity index (χ3n) is 2.91. The van der Waals surface area contributed by atoms with Crippen molar-refractivity contribution in [2.75, 3.05) is 27.2 Å². The Bertz CT molecular complexity index is 309. The zero-order valence-electron chi connectivity index (χ0n) is 11.1. The molecule has 0 radical (unpaired) electrons. The van der Waals surface area contributed by atoms with E-state index in [4.69, 9.17) is 10.5 Å². The molecule has 96 valence electrons. The number of methoxy groups -OCH3 is 1. The maximum Gasteiger partial charge on any atom is 0.118 e. The Balaban J connectivity index is 2.29. The SMILES string of the molecule is COc1ccc(CCN(C)CCC(C)N)cc1. The van der Waals surface area contributed by atoms with Crippen LogP contribution in [-0.4, -0.2) is 38.2 Å². The topological polar surface area (TPSA) is 38.5 Å². The number of nitrogens with two attached hydrogens (primary N) is 1. The van der Waals surface area contributed by atoms with Crippen LogP contribution in [0.2, 0.25) is 0 Å². The predicted octanol–water partition coefficient (Wildman–Crippen LogP) is 1.91. The van der Waals surface area contributed by atoms with Gasteiger partial charge >= 0.3 is 0 Å². The van der Waals surface area contributed by atoms with Gasteiger partial charge in [-0.05, 0) is 51.1 Å². The van der Waals surface area contributed by atoms with Crippen molar-refractivity contribution in [1.29, 1.82) is 0 Å². The zero-order chi connectivity index (χ0) is 12.7. The summed E-state index contributed by atoms with van der Waals surface area (Å²) >= 11 is 0. The van der Waals surface area contributed by atoms with E-state index in [1.54, 1.807) is 7.11 Å². The first-order valence-corrected chi connectivity index (χ1v) is 6.19. The van der Waals surface area contributed by atoms with Gasteiger partial charge in [-0.1, -0.05) is 12.1 Å². The molecule has 0 fully saturated rings. The molecule has 0 amide bonds. The number of likely N-dealkylation sites (N-methyl/N-ethyl adjacent to an activating group) is 1. The van der Waals surface area contributed by atoms with E-state index >= 15 is 0 Å². The van der Waals surface area contributed by atoms with E-state index in [0.29, 0.717) is 6.04 Å². The molecular weight excluding hydrogens is 212 g/mol. The van der Waals surface area contributed by atoms with Crippen LogP contribution < -0.4 is 10.5 Å². The first kappa shape index (κ1) is 14.0. The molecule has 0 heterocycles. The molecule has 0 spiro atoms. The number of benzene rings is 1. The molecule has 0 aliphatic carbocycles. The van der Waals surface area contributed by atoms with Crippen molar-refractivity contribution in [3.8, 4) is 5.75 Å². The normalized spacial score (nSPS) is 12.8. The second kappa shape index (κ2) is 7.30. The molecule has 1 aromatic rings. The van der Waals surface area contributed by atoms with E-state index in [0.717, 1.165) is 31.7 Å². The van der Waals surface area contributed by atoms with Gasteiger partial charge in [0.2, 0.25) is 0 Å². The van der Waals surface area contributed by atoms with Gasteiger partial charge < -0.3 is 15.4 Å².